The number of hydrogen-bond donors (Lipinski definition) is 3. The highest BCUT2D eigenvalue weighted by Crippen LogP contribution is 2.31. The van der Waals surface area contributed by atoms with Crippen molar-refractivity contribution < 1.29 is 15.3 Å². The van der Waals surface area contributed by atoms with Gasteiger partial charge in [-0.15, -0.1) is 0 Å². The molecule has 0 spiro atoms. The Balaban J connectivity index is 0.00000123. The van der Waals surface area contributed by atoms with Crippen molar-refractivity contribution in [3.8, 4) is 5.75 Å². The van der Waals surface area contributed by atoms with E-state index in [9.17, 15) is 15.3 Å². The maximum absolute atomic E-state index is 10.0. The van der Waals surface area contributed by atoms with Gasteiger partial charge in [-0.2, -0.15) is 0 Å². The fourth-order valence-electron chi connectivity index (χ4n) is 1.92. The van der Waals surface area contributed by atoms with Crippen LogP contribution in [0.1, 0.15) is 47.1 Å². The van der Waals surface area contributed by atoms with E-state index in [-0.39, 0.29) is 17.3 Å². The highest BCUT2D eigenvalue weighted by Gasteiger charge is 2.23. The van der Waals surface area contributed by atoms with Gasteiger partial charge in [0.25, 0.3) is 0 Å². The molecule has 0 atom stereocenters. The van der Waals surface area contributed by atoms with Crippen molar-refractivity contribution in [2.24, 2.45) is 5.41 Å². The summed E-state index contributed by atoms with van der Waals surface area (Å²) in [6, 6.07) is 6.78. The van der Waals surface area contributed by atoms with Gasteiger partial charge in [0.2, 0.25) is 0 Å². The average Bonchev–Trinajstić information content (AvgIpc) is 2.66. The van der Waals surface area contributed by atoms with E-state index < -0.39 is 5.41 Å². The highest BCUT2D eigenvalue weighted by molar-refractivity contribution is 5.57. The van der Waals surface area contributed by atoms with E-state index in [0.29, 0.717) is 5.57 Å². The van der Waals surface area contributed by atoms with E-state index in [2.05, 4.69) is 0 Å². The molecule has 0 unspecified atom stereocenters. The minimum absolute atomic E-state index is 0.126. The summed E-state index contributed by atoms with van der Waals surface area (Å²) in [5.74, 6) is 0.541. The maximum atomic E-state index is 10.0. The molecule has 132 valence electrons. The van der Waals surface area contributed by atoms with Crippen molar-refractivity contribution >= 4 is 6.08 Å². The first-order valence-corrected chi connectivity index (χ1v) is 8.38. The smallest absolute Gasteiger partial charge is 0.115 e. The number of aromatic hydroxyl groups is 1. The summed E-state index contributed by atoms with van der Waals surface area (Å²) in [4.78, 5) is 0. The van der Waals surface area contributed by atoms with Crippen LogP contribution >= 0.6 is 0 Å². The van der Waals surface area contributed by atoms with Gasteiger partial charge in [-0.05, 0) is 55.3 Å². The lowest BCUT2D eigenvalue weighted by Gasteiger charge is -2.18. The Hall–Kier alpha value is -2.42. The van der Waals surface area contributed by atoms with Crippen LogP contribution in [0.2, 0.25) is 0 Å². The van der Waals surface area contributed by atoms with Gasteiger partial charge in [0.05, 0.1) is 0 Å². The van der Waals surface area contributed by atoms with Crippen LogP contribution in [0.4, 0.5) is 0 Å². The lowest BCUT2D eigenvalue weighted by molar-refractivity contribution is 0.296. The summed E-state index contributed by atoms with van der Waals surface area (Å²) in [5.41, 5.74) is 1.03. The number of hydrogen-bond acceptors (Lipinski definition) is 3. The van der Waals surface area contributed by atoms with Crippen molar-refractivity contribution in [1.82, 2.24) is 0 Å². The zero-order chi connectivity index (χ0) is 18.8. The van der Waals surface area contributed by atoms with Crippen LogP contribution in [0.15, 0.2) is 65.7 Å². The minimum Gasteiger partial charge on any atom is -0.511 e. The van der Waals surface area contributed by atoms with E-state index in [4.69, 9.17) is 0 Å². The molecule has 0 amide bonds. The fraction of sp³-hybridized carbons (Fsp3) is 0.333. The first-order valence-electron chi connectivity index (χ1n) is 8.38. The number of rotatable bonds is 2. The van der Waals surface area contributed by atoms with E-state index in [0.717, 1.165) is 5.56 Å². The van der Waals surface area contributed by atoms with Gasteiger partial charge in [0, 0.05) is 5.41 Å². The average molecular weight is 330 g/mol. The molecule has 0 bridgehead atoms. The standard InChI is InChI=1S/C17H18O3.2C2H6/c1-17(2)11-15(19)9-13(10-16(17)20)4-3-12-5-7-14(18)8-6-12;2*1-2/h3-11,18-20H,1-2H3;2*1-2H3/b4-3+;;. The first-order chi connectivity index (χ1) is 11.4. The Bertz CT molecular complexity index is 615. The summed E-state index contributed by atoms with van der Waals surface area (Å²) < 4.78 is 0. The third-order valence-corrected chi connectivity index (χ3v) is 3.15. The second-order valence-electron chi connectivity index (χ2n) is 5.39. The van der Waals surface area contributed by atoms with Crippen molar-refractivity contribution in [2.45, 2.75) is 41.5 Å². The monoisotopic (exact) mass is 330 g/mol. The van der Waals surface area contributed by atoms with E-state index in [1.165, 1.54) is 0 Å². The molecule has 2 rings (SSSR count). The normalized spacial score (nSPS) is 15.7. The van der Waals surface area contributed by atoms with Crippen LogP contribution in [-0.2, 0) is 0 Å². The largest absolute Gasteiger partial charge is 0.511 e. The van der Waals surface area contributed by atoms with Crippen LogP contribution in [0.3, 0.4) is 0 Å². The Labute approximate surface area is 146 Å². The zero-order valence-corrected chi connectivity index (χ0v) is 15.5. The quantitative estimate of drug-likeness (QED) is 0.595. The Kier molecular flexibility index (Phi) is 9.33. The van der Waals surface area contributed by atoms with Crippen molar-refractivity contribution in [1.29, 1.82) is 0 Å². The third kappa shape index (κ3) is 6.78. The van der Waals surface area contributed by atoms with Crippen LogP contribution in [-0.4, -0.2) is 15.3 Å². The Morgan fingerprint density at radius 3 is 1.88 bits per heavy atom. The molecule has 1 aliphatic carbocycles. The summed E-state index contributed by atoms with van der Waals surface area (Å²) in [7, 11) is 0. The van der Waals surface area contributed by atoms with Gasteiger partial charge in [-0.25, -0.2) is 0 Å². The second kappa shape index (κ2) is 10.4. The van der Waals surface area contributed by atoms with Gasteiger partial charge >= 0.3 is 0 Å². The molecule has 0 aliphatic heterocycles. The lowest BCUT2D eigenvalue weighted by Crippen LogP contribution is -2.11. The third-order valence-electron chi connectivity index (χ3n) is 3.15. The van der Waals surface area contributed by atoms with Crippen molar-refractivity contribution in [3.05, 3.63) is 71.2 Å². The molecule has 0 fully saturated rings. The van der Waals surface area contributed by atoms with E-state index in [1.807, 2.05) is 47.6 Å². The van der Waals surface area contributed by atoms with Gasteiger partial charge in [-0.1, -0.05) is 52.0 Å². The number of aliphatic hydroxyl groups excluding tert-OH is 2. The maximum Gasteiger partial charge on any atom is 0.115 e. The van der Waals surface area contributed by atoms with E-state index in [1.54, 1.807) is 48.6 Å². The Morgan fingerprint density at radius 1 is 0.792 bits per heavy atom. The van der Waals surface area contributed by atoms with Crippen LogP contribution in [0.25, 0.3) is 6.08 Å². The molecular weight excluding hydrogens is 300 g/mol. The topological polar surface area (TPSA) is 60.7 Å². The van der Waals surface area contributed by atoms with Gasteiger partial charge in [0.1, 0.15) is 17.3 Å². The molecule has 0 aromatic heterocycles. The number of benzene rings is 1. The molecule has 1 aromatic carbocycles. The molecule has 0 heterocycles. The van der Waals surface area contributed by atoms with Crippen molar-refractivity contribution in [3.63, 3.8) is 0 Å². The summed E-state index contributed by atoms with van der Waals surface area (Å²) >= 11 is 0. The zero-order valence-electron chi connectivity index (χ0n) is 15.5. The highest BCUT2D eigenvalue weighted by atomic mass is 16.3. The molecule has 24 heavy (non-hydrogen) atoms. The first kappa shape index (κ1) is 21.6. The summed E-state index contributed by atoms with van der Waals surface area (Å²) in [6.07, 6.45) is 8.49. The molecule has 3 nitrogen and oxygen atoms in total. The van der Waals surface area contributed by atoms with Gasteiger partial charge in [0.15, 0.2) is 0 Å². The minimum atomic E-state index is -0.589. The summed E-state index contributed by atoms with van der Waals surface area (Å²) in [6.45, 7) is 11.7. The SMILES string of the molecule is CC.CC.CC1(C)C=C(O)C=C(/C=C/c2ccc(O)cc2)C=C1O. The van der Waals surface area contributed by atoms with Crippen LogP contribution < -0.4 is 0 Å². The molecule has 0 saturated carbocycles. The molecule has 1 aromatic rings. The van der Waals surface area contributed by atoms with Crippen LogP contribution in [0, 0.1) is 5.41 Å². The molecule has 3 heteroatoms. The predicted octanol–water partition coefficient (Wildman–Crippen LogP) is 6.31. The second-order valence-corrected chi connectivity index (χ2v) is 5.39. The van der Waals surface area contributed by atoms with Gasteiger partial charge in [-0.3, -0.25) is 0 Å². The molecule has 3 N–H and O–H groups in total. The molecule has 1 aliphatic rings. The fourth-order valence-corrected chi connectivity index (χ4v) is 1.92. The van der Waals surface area contributed by atoms with Crippen LogP contribution in [0.5, 0.6) is 5.75 Å². The Morgan fingerprint density at radius 2 is 1.33 bits per heavy atom. The molecular formula is C21H30O3. The lowest BCUT2D eigenvalue weighted by atomic mass is 9.90. The number of phenolic OH excluding ortho intramolecular Hbond substituents is 1. The number of aliphatic hydroxyl groups is 2. The summed E-state index contributed by atoms with van der Waals surface area (Å²) in [5, 5.41) is 29.1. The predicted molar refractivity (Wildman–Crippen MR) is 103 cm³/mol. The van der Waals surface area contributed by atoms with Gasteiger partial charge < -0.3 is 15.3 Å². The number of allylic oxidation sites excluding steroid dienone is 5. The molecule has 0 radical (unpaired) electrons. The molecule has 0 saturated heterocycles. The number of phenols is 1. The van der Waals surface area contributed by atoms with Crippen molar-refractivity contribution in [2.75, 3.05) is 0 Å². The van der Waals surface area contributed by atoms with E-state index >= 15 is 0 Å².